The first-order chi connectivity index (χ1) is 9.25. The number of carbonyl (C=O) groups excluding carboxylic acids is 1. The molecule has 0 radical (unpaired) electrons. The number of carbonyl (C=O) groups is 1. The van der Waals surface area contributed by atoms with Crippen molar-refractivity contribution in [2.45, 2.75) is 44.4 Å². The molecular weight excluding hydrogens is 254 g/mol. The third-order valence-electron chi connectivity index (χ3n) is 3.80. The van der Waals surface area contributed by atoms with Crippen LogP contribution >= 0.6 is 11.8 Å². The van der Waals surface area contributed by atoms with Gasteiger partial charge in [0.1, 0.15) is 0 Å². The number of thioether (sulfide) groups is 1. The van der Waals surface area contributed by atoms with E-state index in [1.165, 1.54) is 24.8 Å². The van der Waals surface area contributed by atoms with Crippen molar-refractivity contribution in [2.24, 2.45) is 5.92 Å². The van der Waals surface area contributed by atoms with Gasteiger partial charge >= 0.3 is 0 Å². The van der Waals surface area contributed by atoms with Crippen LogP contribution in [0.5, 0.6) is 0 Å². The van der Waals surface area contributed by atoms with Crippen molar-refractivity contribution in [2.75, 3.05) is 5.75 Å². The summed E-state index contributed by atoms with van der Waals surface area (Å²) in [6.07, 6.45) is 4.97. The molecule has 0 bridgehead atoms. The SMILES string of the molecule is CC1CCCCC1NC(=O)CSCc1ccccc1. The molecule has 2 unspecified atom stereocenters. The predicted molar refractivity (Wildman–Crippen MR) is 82.2 cm³/mol. The highest BCUT2D eigenvalue weighted by atomic mass is 32.2. The van der Waals surface area contributed by atoms with E-state index < -0.39 is 0 Å². The summed E-state index contributed by atoms with van der Waals surface area (Å²) < 4.78 is 0. The zero-order chi connectivity index (χ0) is 13.5. The Morgan fingerprint density at radius 1 is 1.26 bits per heavy atom. The fraction of sp³-hybridized carbons (Fsp3) is 0.562. The maximum Gasteiger partial charge on any atom is 0.230 e. The lowest BCUT2D eigenvalue weighted by atomic mass is 9.86. The van der Waals surface area contributed by atoms with Crippen LogP contribution in [-0.4, -0.2) is 17.7 Å². The van der Waals surface area contributed by atoms with Gasteiger partial charge in [-0.05, 0) is 24.3 Å². The van der Waals surface area contributed by atoms with Gasteiger partial charge in [0, 0.05) is 11.8 Å². The fourth-order valence-electron chi connectivity index (χ4n) is 2.61. The molecule has 1 aliphatic carbocycles. The van der Waals surface area contributed by atoms with E-state index in [2.05, 4.69) is 24.4 Å². The van der Waals surface area contributed by atoms with Gasteiger partial charge in [-0.25, -0.2) is 0 Å². The van der Waals surface area contributed by atoms with E-state index in [0.717, 1.165) is 12.2 Å². The topological polar surface area (TPSA) is 29.1 Å². The molecule has 104 valence electrons. The highest BCUT2D eigenvalue weighted by molar-refractivity contribution is 7.99. The third kappa shape index (κ3) is 4.90. The first-order valence-electron chi connectivity index (χ1n) is 7.17. The van der Waals surface area contributed by atoms with Crippen molar-refractivity contribution < 1.29 is 4.79 Å². The van der Waals surface area contributed by atoms with Gasteiger partial charge in [0.15, 0.2) is 0 Å². The minimum atomic E-state index is 0.194. The molecule has 1 aromatic rings. The molecule has 2 rings (SSSR count). The molecule has 0 aromatic heterocycles. The van der Waals surface area contributed by atoms with Crippen LogP contribution in [-0.2, 0) is 10.5 Å². The quantitative estimate of drug-likeness (QED) is 0.890. The van der Waals surface area contributed by atoms with Crippen LogP contribution in [0.3, 0.4) is 0 Å². The molecule has 2 atom stereocenters. The Bertz CT molecular complexity index is 393. The summed E-state index contributed by atoms with van der Waals surface area (Å²) in [4.78, 5) is 11.9. The molecule has 2 nitrogen and oxygen atoms in total. The maximum atomic E-state index is 11.9. The lowest BCUT2D eigenvalue weighted by molar-refractivity contribution is -0.119. The van der Waals surface area contributed by atoms with Crippen molar-refractivity contribution in [1.82, 2.24) is 5.32 Å². The Hall–Kier alpha value is -0.960. The molecule has 0 spiro atoms. The highest BCUT2D eigenvalue weighted by Crippen LogP contribution is 2.23. The van der Waals surface area contributed by atoms with Gasteiger partial charge in [0.25, 0.3) is 0 Å². The molecule has 1 saturated carbocycles. The zero-order valence-corrected chi connectivity index (χ0v) is 12.4. The second kappa shape index (κ2) is 7.59. The van der Waals surface area contributed by atoms with Crippen molar-refractivity contribution >= 4 is 17.7 Å². The van der Waals surface area contributed by atoms with Gasteiger partial charge in [0.05, 0.1) is 5.75 Å². The average molecular weight is 277 g/mol. The summed E-state index contributed by atoms with van der Waals surface area (Å²) in [5.74, 6) is 2.31. The molecular formula is C16H23NOS. The highest BCUT2D eigenvalue weighted by Gasteiger charge is 2.22. The Morgan fingerprint density at radius 2 is 2.00 bits per heavy atom. The predicted octanol–water partition coefficient (Wildman–Crippen LogP) is 3.61. The van der Waals surface area contributed by atoms with Crippen LogP contribution in [0.2, 0.25) is 0 Å². The van der Waals surface area contributed by atoms with Crippen LogP contribution < -0.4 is 5.32 Å². The van der Waals surface area contributed by atoms with E-state index in [4.69, 9.17) is 0 Å². The van der Waals surface area contributed by atoms with Crippen LogP contribution in [0.4, 0.5) is 0 Å². The van der Waals surface area contributed by atoms with E-state index in [0.29, 0.717) is 17.7 Å². The third-order valence-corrected chi connectivity index (χ3v) is 4.81. The maximum absolute atomic E-state index is 11.9. The Balaban J connectivity index is 1.67. The van der Waals surface area contributed by atoms with E-state index in [9.17, 15) is 4.79 Å². The molecule has 0 heterocycles. The summed E-state index contributed by atoms with van der Waals surface area (Å²) in [5.41, 5.74) is 1.28. The fourth-order valence-corrected chi connectivity index (χ4v) is 3.41. The molecule has 1 aromatic carbocycles. The van der Waals surface area contributed by atoms with Crippen molar-refractivity contribution in [3.63, 3.8) is 0 Å². The number of nitrogens with one attached hydrogen (secondary N) is 1. The van der Waals surface area contributed by atoms with Gasteiger partial charge in [-0.1, -0.05) is 50.1 Å². The van der Waals surface area contributed by atoms with Crippen LogP contribution in [0.25, 0.3) is 0 Å². The van der Waals surface area contributed by atoms with Crippen molar-refractivity contribution in [3.8, 4) is 0 Å². The minimum Gasteiger partial charge on any atom is -0.352 e. The van der Waals surface area contributed by atoms with E-state index in [1.807, 2.05) is 18.2 Å². The first-order valence-corrected chi connectivity index (χ1v) is 8.32. The van der Waals surface area contributed by atoms with Crippen molar-refractivity contribution in [3.05, 3.63) is 35.9 Å². The Kier molecular flexibility index (Phi) is 5.77. The second-order valence-electron chi connectivity index (χ2n) is 5.41. The van der Waals surface area contributed by atoms with Gasteiger partial charge in [-0.3, -0.25) is 4.79 Å². The smallest absolute Gasteiger partial charge is 0.230 e. The number of amides is 1. The lowest BCUT2D eigenvalue weighted by Gasteiger charge is -2.29. The molecule has 19 heavy (non-hydrogen) atoms. The normalized spacial score (nSPS) is 23.0. The molecule has 0 saturated heterocycles. The standard InChI is InChI=1S/C16H23NOS/c1-13-7-5-6-10-15(13)17-16(18)12-19-11-14-8-3-2-4-9-14/h2-4,8-9,13,15H,5-7,10-12H2,1H3,(H,17,18). The lowest BCUT2D eigenvalue weighted by Crippen LogP contribution is -2.41. The van der Waals surface area contributed by atoms with Gasteiger partial charge in [-0.2, -0.15) is 0 Å². The van der Waals surface area contributed by atoms with Gasteiger partial charge < -0.3 is 5.32 Å². The van der Waals surface area contributed by atoms with Crippen LogP contribution in [0.1, 0.15) is 38.2 Å². The number of benzene rings is 1. The van der Waals surface area contributed by atoms with E-state index in [1.54, 1.807) is 11.8 Å². The van der Waals surface area contributed by atoms with Crippen LogP contribution in [0, 0.1) is 5.92 Å². The zero-order valence-electron chi connectivity index (χ0n) is 11.6. The average Bonchev–Trinajstić information content (AvgIpc) is 2.43. The summed E-state index contributed by atoms with van der Waals surface area (Å²) in [6, 6.07) is 10.7. The van der Waals surface area contributed by atoms with Crippen molar-refractivity contribution in [1.29, 1.82) is 0 Å². The molecule has 1 N–H and O–H groups in total. The van der Waals surface area contributed by atoms with Gasteiger partial charge in [0.2, 0.25) is 5.91 Å². The summed E-state index contributed by atoms with van der Waals surface area (Å²) in [6.45, 7) is 2.25. The van der Waals surface area contributed by atoms with E-state index in [-0.39, 0.29) is 5.91 Å². The largest absolute Gasteiger partial charge is 0.352 e. The monoisotopic (exact) mass is 277 g/mol. The minimum absolute atomic E-state index is 0.194. The van der Waals surface area contributed by atoms with Gasteiger partial charge in [-0.15, -0.1) is 11.8 Å². The molecule has 1 fully saturated rings. The number of hydrogen-bond donors (Lipinski definition) is 1. The molecule has 1 amide bonds. The second-order valence-corrected chi connectivity index (χ2v) is 6.40. The molecule has 1 aliphatic rings. The summed E-state index contributed by atoms with van der Waals surface area (Å²) in [5, 5.41) is 3.20. The molecule has 0 aliphatic heterocycles. The summed E-state index contributed by atoms with van der Waals surface area (Å²) >= 11 is 1.69. The number of rotatable bonds is 5. The summed E-state index contributed by atoms with van der Waals surface area (Å²) in [7, 11) is 0. The number of hydrogen-bond acceptors (Lipinski definition) is 2. The van der Waals surface area contributed by atoms with Crippen LogP contribution in [0.15, 0.2) is 30.3 Å². The Labute approximate surface area is 120 Å². The van der Waals surface area contributed by atoms with E-state index >= 15 is 0 Å². The molecule has 3 heteroatoms. The first kappa shape index (κ1) is 14.4. The Morgan fingerprint density at radius 3 is 2.74 bits per heavy atom.